The van der Waals surface area contributed by atoms with Crippen LogP contribution in [0.2, 0.25) is 5.02 Å². The van der Waals surface area contributed by atoms with Gasteiger partial charge < -0.3 is 14.7 Å². The molecule has 1 aliphatic heterocycles. The highest BCUT2D eigenvalue weighted by atomic mass is 35.5. The maximum absolute atomic E-state index is 12.7. The van der Waals surface area contributed by atoms with E-state index in [9.17, 15) is 9.90 Å². The Morgan fingerprint density at radius 2 is 2.00 bits per heavy atom. The monoisotopic (exact) mass is 373 g/mol. The Kier molecular flexibility index (Phi) is 5.15. The first-order valence-electron chi connectivity index (χ1n) is 8.75. The molecule has 0 unspecified atom stereocenters. The van der Waals surface area contributed by atoms with Crippen LogP contribution in [0, 0.1) is 5.41 Å². The number of ether oxygens (including phenoxy) is 1. The van der Waals surface area contributed by atoms with Crippen molar-refractivity contribution in [2.75, 3.05) is 13.2 Å². The first-order valence-corrected chi connectivity index (χ1v) is 9.13. The Bertz CT molecular complexity index is 826. The Labute approximate surface area is 159 Å². The summed E-state index contributed by atoms with van der Waals surface area (Å²) in [4.78, 5) is 14.5. The first kappa shape index (κ1) is 18.6. The van der Waals surface area contributed by atoms with Crippen molar-refractivity contribution in [1.82, 2.24) is 4.90 Å². The lowest BCUT2D eigenvalue weighted by atomic mass is 9.91. The van der Waals surface area contributed by atoms with E-state index in [0.29, 0.717) is 36.9 Å². The average Bonchev–Trinajstić information content (AvgIpc) is 2.76. The fourth-order valence-corrected chi connectivity index (χ4v) is 3.30. The topological polar surface area (TPSA) is 49.8 Å². The van der Waals surface area contributed by atoms with Crippen molar-refractivity contribution >= 4 is 17.5 Å². The molecular formula is C21H24ClNO3. The summed E-state index contributed by atoms with van der Waals surface area (Å²) in [6.07, 6.45) is 0.475. The second kappa shape index (κ2) is 7.20. The molecule has 5 heteroatoms. The van der Waals surface area contributed by atoms with Gasteiger partial charge in [-0.15, -0.1) is 0 Å². The number of rotatable bonds is 2. The lowest BCUT2D eigenvalue weighted by Gasteiger charge is -2.25. The van der Waals surface area contributed by atoms with E-state index in [0.717, 1.165) is 16.7 Å². The molecule has 1 aliphatic rings. The largest absolute Gasteiger partial charge is 0.504 e. The highest BCUT2D eigenvalue weighted by Gasteiger charge is 2.25. The molecule has 0 aromatic heterocycles. The van der Waals surface area contributed by atoms with Gasteiger partial charge in [0.15, 0.2) is 11.5 Å². The van der Waals surface area contributed by atoms with Crippen LogP contribution in [0.4, 0.5) is 0 Å². The van der Waals surface area contributed by atoms with Gasteiger partial charge in [-0.05, 0) is 40.8 Å². The van der Waals surface area contributed by atoms with E-state index in [1.54, 1.807) is 11.0 Å². The Morgan fingerprint density at radius 3 is 2.69 bits per heavy atom. The van der Waals surface area contributed by atoms with Crippen LogP contribution >= 0.6 is 11.6 Å². The van der Waals surface area contributed by atoms with Crippen LogP contribution in [0.3, 0.4) is 0 Å². The van der Waals surface area contributed by atoms with E-state index in [1.165, 1.54) is 0 Å². The zero-order valence-corrected chi connectivity index (χ0v) is 16.1. The molecule has 138 valence electrons. The summed E-state index contributed by atoms with van der Waals surface area (Å²) in [5, 5.41) is 11.1. The zero-order valence-electron chi connectivity index (χ0n) is 15.4. The van der Waals surface area contributed by atoms with Gasteiger partial charge >= 0.3 is 0 Å². The van der Waals surface area contributed by atoms with Gasteiger partial charge in [0.25, 0.3) is 0 Å². The summed E-state index contributed by atoms with van der Waals surface area (Å²) in [6, 6.07) is 11.1. The van der Waals surface area contributed by atoms with Crippen LogP contribution < -0.4 is 4.74 Å². The third-order valence-electron chi connectivity index (χ3n) is 4.31. The lowest BCUT2D eigenvalue weighted by Crippen LogP contribution is -2.34. The van der Waals surface area contributed by atoms with Crippen LogP contribution in [0.1, 0.15) is 32.8 Å². The van der Waals surface area contributed by atoms with Crippen molar-refractivity contribution < 1.29 is 14.6 Å². The smallest absolute Gasteiger partial charge is 0.223 e. The van der Waals surface area contributed by atoms with Crippen molar-refractivity contribution in [3.05, 3.63) is 47.0 Å². The molecule has 26 heavy (non-hydrogen) atoms. The molecule has 1 N–H and O–H groups in total. The molecule has 0 saturated heterocycles. The molecule has 2 aromatic rings. The molecule has 0 aliphatic carbocycles. The van der Waals surface area contributed by atoms with Crippen LogP contribution in [-0.2, 0) is 11.3 Å². The first-order chi connectivity index (χ1) is 12.2. The molecule has 0 bridgehead atoms. The fraction of sp³-hybridized carbons (Fsp3) is 0.381. The highest BCUT2D eigenvalue weighted by Crippen LogP contribution is 2.38. The van der Waals surface area contributed by atoms with Crippen LogP contribution in [0.25, 0.3) is 11.1 Å². The third-order valence-corrected chi connectivity index (χ3v) is 4.54. The van der Waals surface area contributed by atoms with Gasteiger partial charge in [0.05, 0.1) is 6.54 Å². The fourth-order valence-electron chi connectivity index (χ4n) is 3.11. The SMILES string of the molecule is CC(C)(C)CC(=O)N1CCOc2c(O)cc(-c3cccc(Cl)c3)cc2C1. The number of aromatic hydroxyl groups is 1. The molecule has 0 radical (unpaired) electrons. The van der Waals surface area contributed by atoms with Gasteiger partial charge in [-0.3, -0.25) is 4.79 Å². The standard InChI is InChI=1S/C21H24ClNO3/c1-21(2,3)12-19(25)23-7-8-26-20-16(13-23)9-15(11-18(20)24)14-5-4-6-17(22)10-14/h4-6,9-11,24H,7-8,12-13H2,1-3H3. The quantitative estimate of drug-likeness (QED) is 0.817. The maximum Gasteiger partial charge on any atom is 0.223 e. The predicted molar refractivity (Wildman–Crippen MR) is 104 cm³/mol. The molecule has 3 rings (SSSR count). The molecule has 1 heterocycles. The Balaban J connectivity index is 1.93. The van der Waals surface area contributed by atoms with Crippen LogP contribution in [0.5, 0.6) is 11.5 Å². The van der Waals surface area contributed by atoms with Crippen molar-refractivity contribution in [1.29, 1.82) is 0 Å². The third kappa shape index (κ3) is 4.31. The molecule has 0 fully saturated rings. The van der Waals surface area contributed by atoms with Crippen molar-refractivity contribution in [3.8, 4) is 22.6 Å². The van der Waals surface area contributed by atoms with Gasteiger partial charge in [-0.1, -0.05) is 44.5 Å². The van der Waals surface area contributed by atoms with Crippen LogP contribution in [-0.4, -0.2) is 29.1 Å². The number of hydrogen-bond acceptors (Lipinski definition) is 3. The Morgan fingerprint density at radius 1 is 1.23 bits per heavy atom. The number of amides is 1. The molecule has 1 amide bonds. The second-order valence-electron chi connectivity index (χ2n) is 7.90. The van der Waals surface area contributed by atoms with Gasteiger partial charge in [0, 0.05) is 23.6 Å². The van der Waals surface area contributed by atoms with E-state index in [1.807, 2.05) is 30.3 Å². The number of fused-ring (bicyclic) bond motifs is 1. The maximum atomic E-state index is 12.7. The zero-order chi connectivity index (χ0) is 18.9. The summed E-state index contributed by atoms with van der Waals surface area (Å²) < 4.78 is 5.73. The predicted octanol–water partition coefficient (Wildman–Crippen LogP) is 4.87. The number of halogens is 1. The number of phenols is 1. The van der Waals surface area contributed by atoms with Gasteiger partial charge in [-0.2, -0.15) is 0 Å². The summed E-state index contributed by atoms with van der Waals surface area (Å²) in [5.41, 5.74) is 2.49. The lowest BCUT2D eigenvalue weighted by molar-refractivity contribution is -0.133. The van der Waals surface area contributed by atoms with Crippen LogP contribution in [0.15, 0.2) is 36.4 Å². The number of hydrogen-bond donors (Lipinski definition) is 1. The van der Waals surface area contributed by atoms with E-state index >= 15 is 0 Å². The summed E-state index contributed by atoms with van der Waals surface area (Å²) in [5.74, 6) is 0.644. The molecule has 4 nitrogen and oxygen atoms in total. The van der Waals surface area contributed by atoms with Crippen molar-refractivity contribution in [3.63, 3.8) is 0 Å². The van der Waals surface area contributed by atoms with Gasteiger partial charge in [-0.25, -0.2) is 0 Å². The number of carbonyl (C=O) groups is 1. The van der Waals surface area contributed by atoms with Crippen molar-refractivity contribution in [2.24, 2.45) is 5.41 Å². The average molecular weight is 374 g/mol. The minimum absolute atomic E-state index is 0.0716. The normalized spacial score (nSPS) is 14.4. The second-order valence-corrected chi connectivity index (χ2v) is 8.33. The minimum atomic E-state index is -0.0716. The number of benzene rings is 2. The van der Waals surface area contributed by atoms with E-state index < -0.39 is 0 Å². The summed E-state index contributed by atoms with van der Waals surface area (Å²) >= 11 is 6.09. The molecule has 0 atom stereocenters. The highest BCUT2D eigenvalue weighted by molar-refractivity contribution is 6.30. The summed E-state index contributed by atoms with van der Waals surface area (Å²) in [6.45, 7) is 7.46. The van der Waals surface area contributed by atoms with E-state index in [-0.39, 0.29) is 17.1 Å². The molecular weight excluding hydrogens is 350 g/mol. The van der Waals surface area contributed by atoms with Gasteiger partial charge in [0.1, 0.15) is 6.61 Å². The number of phenolic OH excluding ortho intramolecular Hbond substituents is 1. The number of nitrogens with zero attached hydrogens (tertiary/aromatic N) is 1. The van der Waals surface area contributed by atoms with E-state index in [2.05, 4.69) is 20.8 Å². The number of carbonyl (C=O) groups excluding carboxylic acids is 1. The Hall–Kier alpha value is -2.20. The molecule has 0 spiro atoms. The summed E-state index contributed by atoms with van der Waals surface area (Å²) in [7, 11) is 0. The van der Waals surface area contributed by atoms with Gasteiger partial charge in [0.2, 0.25) is 5.91 Å². The molecule has 2 aromatic carbocycles. The molecule has 0 saturated carbocycles. The minimum Gasteiger partial charge on any atom is -0.504 e. The van der Waals surface area contributed by atoms with Crippen molar-refractivity contribution in [2.45, 2.75) is 33.7 Å². The van der Waals surface area contributed by atoms with E-state index in [4.69, 9.17) is 16.3 Å².